The second-order valence-corrected chi connectivity index (χ2v) is 5.83. The minimum absolute atomic E-state index is 0.0146. The zero-order valence-electron chi connectivity index (χ0n) is 13.8. The highest BCUT2D eigenvalue weighted by Gasteiger charge is 2.22. The highest BCUT2D eigenvalue weighted by atomic mass is 16.5. The number of anilines is 1. The van der Waals surface area contributed by atoms with E-state index in [0.29, 0.717) is 17.8 Å². The van der Waals surface area contributed by atoms with Gasteiger partial charge in [-0.15, -0.1) is 0 Å². The molecule has 0 fully saturated rings. The first kappa shape index (κ1) is 15.8. The number of hydrogen-bond donors (Lipinski definition) is 2. The number of rotatable bonds is 4. The first-order valence-corrected chi connectivity index (χ1v) is 8.14. The van der Waals surface area contributed by atoms with Crippen LogP contribution in [-0.2, 0) is 6.54 Å². The second kappa shape index (κ2) is 6.68. The minimum Gasteiger partial charge on any atom is -0.367 e. The maximum atomic E-state index is 12.7. The van der Waals surface area contributed by atoms with Crippen LogP contribution in [0.25, 0.3) is 22.0 Å². The van der Waals surface area contributed by atoms with Crippen molar-refractivity contribution in [3.8, 4) is 11.3 Å². The molecule has 0 aliphatic carbocycles. The van der Waals surface area contributed by atoms with Crippen LogP contribution in [0.4, 0.5) is 5.88 Å². The zero-order chi connectivity index (χ0) is 17.9. The van der Waals surface area contributed by atoms with E-state index in [4.69, 9.17) is 10.3 Å². The van der Waals surface area contributed by atoms with E-state index in [9.17, 15) is 4.79 Å². The molecule has 3 N–H and O–H groups in total. The van der Waals surface area contributed by atoms with Crippen molar-refractivity contribution in [2.24, 2.45) is 0 Å². The van der Waals surface area contributed by atoms with Crippen LogP contribution in [0, 0.1) is 0 Å². The van der Waals surface area contributed by atoms with Crippen molar-refractivity contribution in [1.82, 2.24) is 15.5 Å². The van der Waals surface area contributed by atoms with Gasteiger partial charge < -0.3 is 15.6 Å². The van der Waals surface area contributed by atoms with Crippen LogP contribution in [0.1, 0.15) is 15.9 Å². The van der Waals surface area contributed by atoms with Gasteiger partial charge in [0.05, 0.1) is 0 Å². The maximum absolute atomic E-state index is 12.7. The van der Waals surface area contributed by atoms with Crippen LogP contribution in [0.3, 0.4) is 0 Å². The number of amides is 1. The Morgan fingerprint density at radius 2 is 1.92 bits per heavy atom. The van der Waals surface area contributed by atoms with Gasteiger partial charge in [0.25, 0.3) is 5.91 Å². The van der Waals surface area contributed by atoms with Gasteiger partial charge in [0, 0.05) is 24.5 Å². The molecule has 2 aromatic heterocycles. The Labute approximate surface area is 149 Å². The molecule has 4 rings (SSSR count). The summed E-state index contributed by atoms with van der Waals surface area (Å²) in [6, 6.07) is 17.6. The molecule has 2 aromatic carbocycles. The van der Waals surface area contributed by atoms with Crippen molar-refractivity contribution in [3.63, 3.8) is 0 Å². The van der Waals surface area contributed by atoms with Crippen molar-refractivity contribution in [2.45, 2.75) is 6.54 Å². The van der Waals surface area contributed by atoms with Gasteiger partial charge in [0.15, 0.2) is 0 Å². The molecule has 0 atom stereocenters. The van der Waals surface area contributed by atoms with Crippen LogP contribution in [0.2, 0.25) is 0 Å². The molecular formula is C20H16N4O2. The first-order valence-electron chi connectivity index (χ1n) is 8.14. The van der Waals surface area contributed by atoms with Gasteiger partial charge in [-0.25, -0.2) is 0 Å². The minimum atomic E-state index is -0.337. The van der Waals surface area contributed by atoms with Crippen molar-refractivity contribution < 1.29 is 9.32 Å². The van der Waals surface area contributed by atoms with E-state index in [1.54, 1.807) is 24.5 Å². The average molecular weight is 344 g/mol. The summed E-state index contributed by atoms with van der Waals surface area (Å²) in [5.41, 5.74) is 8.12. The molecule has 4 aromatic rings. The van der Waals surface area contributed by atoms with E-state index in [0.717, 1.165) is 16.3 Å². The lowest BCUT2D eigenvalue weighted by atomic mass is 10.0. The normalized spacial score (nSPS) is 10.8. The van der Waals surface area contributed by atoms with Gasteiger partial charge in [-0.05, 0) is 28.5 Å². The van der Waals surface area contributed by atoms with Gasteiger partial charge in [-0.3, -0.25) is 9.78 Å². The van der Waals surface area contributed by atoms with Crippen LogP contribution >= 0.6 is 0 Å². The van der Waals surface area contributed by atoms with Gasteiger partial charge in [-0.1, -0.05) is 47.6 Å². The van der Waals surface area contributed by atoms with E-state index in [1.807, 2.05) is 42.5 Å². The fourth-order valence-corrected chi connectivity index (χ4v) is 2.93. The molecule has 26 heavy (non-hydrogen) atoms. The molecule has 0 saturated heterocycles. The van der Waals surface area contributed by atoms with Gasteiger partial charge >= 0.3 is 0 Å². The molecule has 6 nitrogen and oxygen atoms in total. The Morgan fingerprint density at radius 3 is 2.77 bits per heavy atom. The number of pyridine rings is 1. The molecule has 0 bridgehead atoms. The van der Waals surface area contributed by atoms with E-state index >= 15 is 0 Å². The first-order chi connectivity index (χ1) is 12.7. The van der Waals surface area contributed by atoms with Crippen molar-refractivity contribution >= 4 is 22.6 Å². The second-order valence-electron chi connectivity index (χ2n) is 5.83. The van der Waals surface area contributed by atoms with E-state index in [2.05, 4.69) is 15.5 Å². The number of aromatic nitrogens is 2. The van der Waals surface area contributed by atoms with Crippen LogP contribution < -0.4 is 11.1 Å². The molecule has 0 spiro atoms. The monoisotopic (exact) mass is 344 g/mol. The summed E-state index contributed by atoms with van der Waals surface area (Å²) >= 11 is 0. The lowest BCUT2D eigenvalue weighted by Crippen LogP contribution is -2.24. The largest absolute Gasteiger partial charge is 0.367 e. The Balaban J connectivity index is 1.61. The molecule has 0 aliphatic rings. The van der Waals surface area contributed by atoms with Crippen molar-refractivity contribution in [3.05, 3.63) is 78.1 Å². The smallest absolute Gasteiger partial charge is 0.259 e. The average Bonchev–Trinajstić information content (AvgIpc) is 3.08. The van der Waals surface area contributed by atoms with Gasteiger partial charge in [0.1, 0.15) is 11.3 Å². The SMILES string of the molecule is Nc1onc(-c2cccnc2)c1C(=O)NCc1cccc2ccccc12. The number of fused-ring (bicyclic) bond motifs is 1. The summed E-state index contributed by atoms with van der Waals surface area (Å²) in [4.78, 5) is 16.8. The Hall–Kier alpha value is -3.67. The van der Waals surface area contributed by atoms with Crippen molar-refractivity contribution in [2.75, 3.05) is 5.73 Å². The molecule has 2 heterocycles. The highest BCUT2D eigenvalue weighted by molar-refractivity contribution is 6.03. The number of carbonyl (C=O) groups is 1. The standard InChI is InChI=1S/C20H16N4O2/c21-19-17(18(24-26-19)15-8-4-10-22-11-15)20(25)23-12-14-7-3-6-13-5-1-2-9-16(13)14/h1-11H,12,21H2,(H,23,25). The van der Waals surface area contributed by atoms with Crippen LogP contribution in [0.5, 0.6) is 0 Å². The molecule has 0 radical (unpaired) electrons. The Bertz CT molecular complexity index is 1070. The molecular weight excluding hydrogens is 328 g/mol. The third-order valence-electron chi connectivity index (χ3n) is 4.20. The molecule has 0 aliphatic heterocycles. The summed E-state index contributed by atoms with van der Waals surface area (Å²) in [5.74, 6) is -0.352. The fraction of sp³-hybridized carbons (Fsp3) is 0.0500. The lowest BCUT2D eigenvalue weighted by Gasteiger charge is -2.08. The lowest BCUT2D eigenvalue weighted by molar-refractivity contribution is 0.0952. The van der Waals surface area contributed by atoms with E-state index < -0.39 is 0 Å². The topological polar surface area (TPSA) is 94.0 Å². The number of nitrogen functional groups attached to an aromatic ring is 1. The number of nitrogens with two attached hydrogens (primary N) is 1. The third kappa shape index (κ3) is 2.88. The predicted molar refractivity (Wildman–Crippen MR) is 99.3 cm³/mol. The predicted octanol–water partition coefficient (Wildman–Crippen LogP) is 3.40. The number of nitrogens with zero attached hydrogens (tertiary/aromatic N) is 2. The molecule has 0 saturated carbocycles. The maximum Gasteiger partial charge on any atom is 0.259 e. The molecule has 0 unspecified atom stereocenters. The third-order valence-corrected chi connectivity index (χ3v) is 4.20. The summed E-state index contributed by atoms with van der Waals surface area (Å²) in [6.45, 7) is 0.372. The van der Waals surface area contributed by atoms with E-state index in [1.165, 1.54) is 0 Å². The molecule has 1 amide bonds. The number of nitrogens with one attached hydrogen (secondary N) is 1. The number of carbonyl (C=O) groups excluding carboxylic acids is 1. The number of benzene rings is 2. The Morgan fingerprint density at radius 1 is 1.08 bits per heavy atom. The fourth-order valence-electron chi connectivity index (χ4n) is 2.93. The zero-order valence-corrected chi connectivity index (χ0v) is 13.8. The molecule has 6 heteroatoms. The van der Waals surface area contributed by atoms with Crippen molar-refractivity contribution in [1.29, 1.82) is 0 Å². The summed E-state index contributed by atoms with van der Waals surface area (Å²) < 4.78 is 5.03. The summed E-state index contributed by atoms with van der Waals surface area (Å²) in [6.07, 6.45) is 3.26. The quantitative estimate of drug-likeness (QED) is 0.592. The summed E-state index contributed by atoms with van der Waals surface area (Å²) in [5, 5.41) is 9.04. The van der Waals surface area contributed by atoms with Gasteiger partial charge in [-0.2, -0.15) is 0 Å². The summed E-state index contributed by atoms with van der Waals surface area (Å²) in [7, 11) is 0. The van der Waals surface area contributed by atoms with Crippen LogP contribution in [-0.4, -0.2) is 16.0 Å². The van der Waals surface area contributed by atoms with Gasteiger partial charge in [0.2, 0.25) is 5.88 Å². The van der Waals surface area contributed by atoms with Crippen LogP contribution in [0.15, 0.2) is 71.5 Å². The van der Waals surface area contributed by atoms with E-state index in [-0.39, 0.29) is 17.4 Å². The molecule has 128 valence electrons. The number of hydrogen-bond acceptors (Lipinski definition) is 5. The Kier molecular flexibility index (Phi) is 4.07. The highest BCUT2D eigenvalue weighted by Crippen LogP contribution is 2.26.